The molecular formula is C11H16O3S3. The molecule has 0 saturated carbocycles. The zero-order chi connectivity index (χ0) is 11.9. The summed E-state index contributed by atoms with van der Waals surface area (Å²) in [4.78, 5) is 1.29. The summed E-state index contributed by atoms with van der Waals surface area (Å²) in [5.41, 5.74) is 0. The Balaban J connectivity index is 1.72. The molecule has 1 saturated heterocycles. The van der Waals surface area contributed by atoms with Crippen LogP contribution in [0.15, 0.2) is 21.7 Å². The van der Waals surface area contributed by atoms with Crippen molar-refractivity contribution >= 4 is 35.1 Å². The van der Waals surface area contributed by atoms with Gasteiger partial charge in [-0.25, -0.2) is 0 Å². The lowest BCUT2D eigenvalue weighted by Gasteiger charge is -2.30. The number of hydrogen-bond donors (Lipinski definition) is 0. The molecule has 0 amide bonds. The van der Waals surface area contributed by atoms with Gasteiger partial charge in [-0.05, 0) is 23.5 Å². The summed E-state index contributed by atoms with van der Waals surface area (Å²) in [7, 11) is 0. The molecule has 1 aliphatic rings. The molecule has 0 bridgehead atoms. The van der Waals surface area contributed by atoms with Crippen LogP contribution in [-0.2, 0) is 13.7 Å². The molecule has 1 unspecified atom stereocenters. The minimum atomic E-state index is -0.0199. The van der Waals surface area contributed by atoms with Gasteiger partial charge in [-0.3, -0.25) is 0 Å². The maximum absolute atomic E-state index is 5.81. The summed E-state index contributed by atoms with van der Waals surface area (Å²) in [6, 6.07) is 2.13. The predicted octanol–water partition coefficient (Wildman–Crippen LogP) is 3.27. The molecule has 1 aromatic heterocycles. The first-order valence-electron chi connectivity index (χ1n) is 5.46. The molecule has 3 nitrogen and oxygen atoms in total. The number of ether oxygens (including phenoxy) is 2. The van der Waals surface area contributed by atoms with Crippen LogP contribution in [0.4, 0.5) is 0 Å². The van der Waals surface area contributed by atoms with E-state index >= 15 is 0 Å². The standard InChI is InChI=1S/C11H16O3S3/c1-15-13-6-9(14-11-2-4-12-11)7-17-10-3-5-16-8-10/h3,5,8-9,11H,2,4,6-7H2,1H3/t9?,11-/m1/s1. The number of hydrogen-bond acceptors (Lipinski definition) is 6. The Morgan fingerprint density at radius 2 is 2.53 bits per heavy atom. The summed E-state index contributed by atoms with van der Waals surface area (Å²) in [6.45, 7) is 1.43. The lowest BCUT2D eigenvalue weighted by atomic mass is 10.3. The Hall–Kier alpha value is 0.280. The lowest BCUT2D eigenvalue weighted by Crippen LogP contribution is -2.36. The van der Waals surface area contributed by atoms with Gasteiger partial charge in [-0.1, -0.05) is 0 Å². The van der Waals surface area contributed by atoms with Crippen LogP contribution < -0.4 is 0 Å². The first-order valence-corrected chi connectivity index (χ1v) is 8.54. The fourth-order valence-electron chi connectivity index (χ4n) is 1.33. The third-order valence-electron chi connectivity index (χ3n) is 2.30. The Bertz CT molecular complexity index is 301. The fourth-order valence-corrected chi connectivity index (χ4v) is 3.38. The molecule has 0 aromatic carbocycles. The molecule has 17 heavy (non-hydrogen) atoms. The van der Waals surface area contributed by atoms with Crippen molar-refractivity contribution in [2.45, 2.75) is 23.7 Å². The monoisotopic (exact) mass is 292 g/mol. The molecule has 0 radical (unpaired) electrons. The van der Waals surface area contributed by atoms with Crippen molar-refractivity contribution in [1.29, 1.82) is 0 Å². The van der Waals surface area contributed by atoms with Crippen molar-refractivity contribution in [1.82, 2.24) is 0 Å². The smallest absolute Gasteiger partial charge is 0.160 e. The number of rotatable bonds is 8. The highest BCUT2D eigenvalue weighted by molar-refractivity contribution is 7.99. The van der Waals surface area contributed by atoms with Gasteiger partial charge in [0.1, 0.15) is 0 Å². The van der Waals surface area contributed by atoms with Gasteiger partial charge in [-0.2, -0.15) is 11.3 Å². The van der Waals surface area contributed by atoms with E-state index in [9.17, 15) is 0 Å². The van der Waals surface area contributed by atoms with Gasteiger partial charge < -0.3 is 13.7 Å². The second-order valence-corrected chi connectivity index (χ2v) is 6.01. The van der Waals surface area contributed by atoms with Crippen molar-refractivity contribution in [2.75, 3.05) is 25.2 Å². The van der Waals surface area contributed by atoms with Crippen molar-refractivity contribution in [3.8, 4) is 0 Å². The van der Waals surface area contributed by atoms with Crippen LogP contribution in [-0.4, -0.2) is 37.6 Å². The molecule has 0 N–H and O–H groups in total. The van der Waals surface area contributed by atoms with E-state index in [1.165, 1.54) is 16.9 Å². The summed E-state index contributed by atoms with van der Waals surface area (Å²) >= 11 is 4.90. The van der Waals surface area contributed by atoms with Crippen LogP contribution >= 0.6 is 35.1 Å². The van der Waals surface area contributed by atoms with Crippen LogP contribution in [0.25, 0.3) is 0 Å². The molecule has 0 aliphatic carbocycles. The van der Waals surface area contributed by atoms with Gasteiger partial charge in [0.05, 0.1) is 19.3 Å². The van der Waals surface area contributed by atoms with Gasteiger partial charge in [-0.15, -0.1) is 11.8 Å². The van der Waals surface area contributed by atoms with Gasteiger partial charge in [0, 0.05) is 28.7 Å². The Morgan fingerprint density at radius 1 is 1.65 bits per heavy atom. The van der Waals surface area contributed by atoms with Gasteiger partial charge >= 0.3 is 0 Å². The molecule has 2 atom stereocenters. The highest BCUT2D eigenvalue weighted by Gasteiger charge is 2.23. The molecule has 6 heteroatoms. The highest BCUT2D eigenvalue weighted by Crippen LogP contribution is 2.24. The quantitative estimate of drug-likeness (QED) is 0.541. The molecule has 1 aromatic rings. The summed E-state index contributed by atoms with van der Waals surface area (Å²) < 4.78 is 16.5. The summed E-state index contributed by atoms with van der Waals surface area (Å²) in [5.74, 6) is 0.900. The third-order valence-corrected chi connectivity index (χ3v) is 4.63. The summed E-state index contributed by atoms with van der Waals surface area (Å²) in [5, 5.41) is 4.24. The van der Waals surface area contributed by atoms with Crippen molar-refractivity contribution in [3.05, 3.63) is 16.8 Å². The van der Waals surface area contributed by atoms with E-state index < -0.39 is 0 Å². The Labute approximate surface area is 114 Å². The average molecular weight is 292 g/mol. The molecule has 2 rings (SSSR count). The zero-order valence-corrected chi connectivity index (χ0v) is 12.1. The number of thioether (sulfide) groups is 1. The molecular weight excluding hydrogens is 276 g/mol. The zero-order valence-electron chi connectivity index (χ0n) is 9.66. The fraction of sp³-hybridized carbons (Fsp3) is 0.636. The van der Waals surface area contributed by atoms with Crippen LogP contribution in [0.3, 0.4) is 0 Å². The van der Waals surface area contributed by atoms with E-state index in [0.29, 0.717) is 6.61 Å². The third kappa shape index (κ3) is 4.81. The van der Waals surface area contributed by atoms with Gasteiger partial charge in [0.15, 0.2) is 6.29 Å². The lowest BCUT2D eigenvalue weighted by molar-refractivity contribution is -0.234. The molecule has 1 fully saturated rings. The van der Waals surface area contributed by atoms with Crippen LogP contribution in [0.1, 0.15) is 6.42 Å². The predicted molar refractivity (Wildman–Crippen MR) is 73.7 cm³/mol. The second kappa shape index (κ2) is 7.66. The molecule has 0 spiro atoms. The second-order valence-electron chi connectivity index (χ2n) is 3.57. The highest BCUT2D eigenvalue weighted by atomic mass is 32.2. The van der Waals surface area contributed by atoms with Crippen molar-refractivity contribution in [3.63, 3.8) is 0 Å². The van der Waals surface area contributed by atoms with Crippen molar-refractivity contribution < 1.29 is 13.7 Å². The van der Waals surface area contributed by atoms with E-state index in [1.807, 2.05) is 6.26 Å². The summed E-state index contributed by atoms with van der Waals surface area (Å²) in [6.07, 6.45) is 2.99. The molecule has 96 valence electrons. The van der Waals surface area contributed by atoms with E-state index in [4.69, 9.17) is 13.7 Å². The van der Waals surface area contributed by atoms with Gasteiger partial charge in [0.25, 0.3) is 0 Å². The molecule has 1 aliphatic heterocycles. The minimum Gasteiger partial charge on any atom is -0.352 e. The SMILES string of the molecule is CSOCC(CSc1ccsc1)O[C@@H]1CCO1. The molecule has 2 heterocycles. The average Bonchev–Trinajstić information content (AvgIpc) is 2.78. The van der Waals surface area contributed by atoms with E-state index in [-0.39, 0.29) is 12.4 Å². The van der Waals surface area contributed by atoms with Crippen molar-refractivity contribution in [2.24, 2.45) is 0 Å². The topological polar surface area (TPSA) is 27.7 Å². The number of thiophene rings is 1. The normalized spacial score (nSPS) is 21.1. The first kappa shape index (κ1) is 13.7. The minimum absolute atomic E-state index is 0.0199. The van der Waals surface area contributed by atoms with Crippen LogP contribution in [0, 0.1) is 0 Å². The van der Waals surface area contributed by atoms with Gasteiger partial charge in [0.2, 0.25) is 0 Å². The van der Waals surface area contributed by atoms with E-state index in [0.717, 1.165) is 18.8 Å². The van der Waals surface area contributed by atoms with E-state index in [1.54, 1.807) is 23.1 Å². The Morgan fingerprint density at radius 3 is 3.12 bits per heavy atom. The van der Waals surface area contributed by atoms with Crippen LogP contribution in [0.2, 0.25) is 0 Å². The van der Waals surface area contributed by atoms with Crippen LogP contribution in [0.5, 0.6) is 0 Å². The first-order chi connectivity index (χ1) is 8.38. The maximum atomic E-state index is 5.81. The maximum Gasteiger partial charge on any atom is 0.160 e. The van der Waals surface area contributed by atoms with E-state index in [2.05, 4.69) is 16.8 Å². The Kier molecular flexibility index (Phi) is 6.17. The largest absolute Gasteiger partial charge is 0.352 e.